The van der Waals surface area contributed by atoms with Crippen molar-refractivity contribution in [2.45, 2.75) is 25.4 Å². The molecule has 1 aliphatic rings. The molecule has 30 heavy (non-hydrogen) atoms. The van der Waals surface area contributed by atoms with Crippen LogP contribution in [0.1, 0.15) is 30.3 Å². The summed E-state index contributed by atoms with van der Waals surface area (Å²) in [5.41, 5.74) is 7.99. The highest BCUT2D eigenvalue weighted by Gasteiger charge is 2.29. The van der Waals surface area contributed by atoms with Gasteiger partial charge in [0, 0.05) is 23.4 Å². The monoisotopic (exact) mass is 406 g/mol. The van der Waals surface area contributed by atoms with Gasteiger partial charge < -0.3 is 20.5 Å². The van der Waals surface area contributed by atoms with Gasteiger partial charge in [0.25, 0.3) is 0 Å². The number of nitrogens with zero attached hydrogens (tertiary/aromatic N) is 4. The number of ether oxygens (including phenoxy) is 2. The highest BCUT2D eigenvalue weighted by molar-refractivity contribution is 5.53. The van der Waals surface area contributed by atoms with Crippen molar-refractivity contribution in [2.24, 2.45) is 0 Å². The van der Waals surface area contributed by atoms with E-state index in [9.17, 15) is 0 Å². The normalized spacial score (nSPS) is 16.4. The molecule has 8 heteroatoms. The lowest BCUT2D eigenvalue weighted by molar-refractivity contribution is 0.237. The van der Waals surface area contributed by atoms with Gasteiger partial charge >= 0.3 is 0 Å². The maximum absolute atomic E-state index is 5.96. The van der Waals surface area contributed by atoms with Gasteiger partial charge in [-0.05, 0) is 37.6 Å². The number of aromatic nitrogens is 3. The fourth-order valence-electron chi connectivity index (χ4n) is 3.86. The Hall–Kier alpha value is -3.39. The number of anilines is 3. The largest absolute Gasteiger partial charge is 0.497 e. The van der Waals surface area contributed by atoms with Crippen LogP contribution in [0.25, 0.3) is 0 Å². The zero-order valence-corrected chi connectivity index (χ0v) is 17.2. The van der Waals surface area contributed by atoms with Crippen LogP contribution in [0, 0.1) is 0 Å². The number of para-hydroxylation sites is 1. The summed E-state index contributed by atoms with van der Waals surface area (Å²) in [5.74, 6) is 2.90. The van der Waals surface area contributed by atoms with Gasteiger partial charge in [-0.2, -0.15) is 15.0 Å². The standard InChI is InChI=1S/C22H26N6O2/c1-29-16-10-11-17(19(13-16)30-2)18-9-6-12-28(18)14-20-25-21(23)27-22(26-20)24-15-7-4-3-5-8-15/h3-5,7-8,10-11,13,18H,6,9,12,14H2,1-2H3,(H3,23,24,25,26,27). The lowest BCUT2D eigenvalue weighted by Gasteiger charge is -2.25. The molecule has 1 aromatic heterocycles. The van der Waals surface area contributed by atoms with E-state index in [0.29, 0.717) is 18.3 Å². The summed E-state index contributed by atoms with van der Waals surface area (Å²) >= 11 is 0. The Morgan fingerprint density at radius 2 is 1.90 bits per heavy atom. The van der Waals surface area contributed by atoms with Crippen LogP contribution >= 0.6 is 0 Å². The highest BCUT2D eigenvalue weighted by Crippen LogP contribution is 2.39. The maximum atomic E-state index is 5.96. The summed E-state index contributed by atoms with van der Waals surface area (Å²) in [6, 6.07) is 15.9. The fourth-order valence-corrected chi connectivity index (χ4v) is 3.86. The third-order valence-electron chi connectivity index (χ3n) is 5.24. The predicted molar refractivity (Wildman–Crippen MR) is 116 cm³/mol. The average Bonchev–Trinajstić information content (AvgIpc) is 3.21. The van der Waals surface area contributed by atoms with E-state index in [2.05, 4.69) is 31.2 Å². The second kappa shape index (κ2) is 8.96. The number of rotatable bonds is 7. The molecule has 0 amide bonds. The summed E-state index contributed by atoms with van der Waals surface area (Å²) in [6.45, 7) is 1.53. The molecule has 0 spiro atoms. The van der Waals surface area contributed by atoms with Crippen molar-refractivity contribution in [3.05, 3.63) is 59.9 Å². The lowest BCUT2D eigenvalue weighted by Crippen LogP contribution is -2.25. The van der Waals surface area contributed by atoms with Crippen molar-refractivity contribution in [3.8, 4) is 11.5 Å². The minimum absolute atomic E-state index is 0.205. The van der Waals surface area contributed by atoms with Crippen LogP contribution in [0.5, 0.6) is 11.5 Å². The van der Waals surface area contributed by atoms with Gasteiger partial charge in [0.15, 0.2) is 0 Å². The average molecular weight is 406 g/mol. The maximum Gasteiger partial charge on any atom is 0.232 e. The molecule has 2 aromatic carbocycles. The number of hydrogen-bond donors (Lipinski definition) is 2. The minimum Gasteiger partial charge on any atom is -0.497 e. The Labute approximate surface area is 176 Å². The first-order valence-corrected chi connectivity index (χ1v) is 9.94. The molecule has 156 valence electrons. The van der Waals surface area contributed by atoms with Crippen molar-refractivity contribution >= 4 is 17.6 Å². The zero-order chi connectivity index (χ0) is 20.9. The lowest BCUT2D eigenvalue weighted by atomic mass is 10.0. The quantitative estimate of drug-likeness (QED) is 0.615. The van der Waals surface area contributed by atoms with Gasteiger partial charge in [-0.25, -0.2) is 0 Å². The van der Waals surface area contributed by atoms with Crippen LogP contribution < -0.4 is 20.5 Å². The number of benzene rings is 2. The molecule has 4 rings (SSSR count). The van der Waals surface area contributed by atoms with E-state index >= 15 is 0 Å². The summed E-state index contributed by atoms with van der Waals surface area (Å²) in [5, 5.41) is 3.19. The smallest absolute Gasteiger partial charge is 0.232 e. The third-order valence-corrected chi connectivity index (χ3v) is 5.24. The first kappa shape index (κ1) is 19.9. The molecule has 0 radical (unpaired) electrons. The Kier molecular flexibility index (Phi) is 5.94. The molecule has 0 aliphatic carbocycles. The number of hydrogen-bond acceptors (Lipinski definition) is 8. The molecule has 0 saturated carbocycles. The second-order valence-corrected chi connectivity index (χ2v) is 7.16. The molecule has 8 nitrogen and oxygen atoms in total. The fraction of sp³-hybridized carbons (Fsp3) is 0.318. The van der Waals surface area contributed by atoms with Crippen molar-refractivity contribution in [2.75, 3.05) is 31.8 Å². The van der Waals surface area contributed by atoms with Crippen LogP contribution in [0.2, 0.25) is 0 Å². The minimum atomic E-state index is 0.205. The van der Waals surface area contributed by atoms with E-state index in [1.54, 1.807) is 14.2 Å². The van der Waals surface area contributed by atoms with Crippen molar-refractivity contribution in [1.82, 2.24) is 19.9 Å². The summed E-state index contributed by atoms with van der Waals surface area (Å²) in [7, 11) is 3.34. The predicted octanol–water partition coefficient (Wildman–Crippen LogP) is 3.55. The van der Waals surface area contributed by atoms with Gasteiger partial charge in [-0.3, -0.25) is 4.90 Å². The van der Waals surface area contributed by atoms with Crippen LogP contribution in [0.4, 0.5) is 17.6 Å². The Morgan fingerprint density at radius 1 is 1.07 bits per heavy atom. The molecule has 3 aromatic rings. The molecule has 1 atom stereocenters. The van der Waals surface area contributed by atoms with Crippen molar-refractivity contribution in [3.63, 3.8) is 0 Å². The first-order valence-electron chi connectivity index (χ1n) is 9.94. The van der Waals surface area contributed by atoms with E-state index in [4.69, 9.17) is 15.2 Å². The molecule has 1 fully saturated rings. The molecule has 1 aliphatic heterocycles. The Balaban J connectivity index is 1.55. The molecular formula is C22H26N6O2. The zero-order valence-electron chi connectivity index (χ0n) is 17.2. The summed E-state index contributed by atoms with van der Waals surface area (Å²) < 4.78 is 11.0. The van der Waals surface area contributed by atoms with Gasteiger partial charge in [0.1, 0.15) is 17.3 Å². The Bertz CT molecular complexity index is 998. The number of likely N-dealkylation sites (tertiary alicyclic amines) is 1. The molecule has 0 bridgehead atoms. The van der Waals surface area contributed by atoms with Crippen molar-refractivity contribution in [1.29, 1.82) is 0 Å². The van der Waals surface area contributed by atoms with E-state index in [1.807, 2.05) is 42.5 Å². The molecule has 1 saturated heterocycles. The van der Waals surface area contributed by atoms with E-state index < -0.39 is 0 Å². The third kappa shape index (κ3) is 4.44. The van der Waals surface area contributed by atoms with Crippen LogP contribution in [-0.2, 0) is 6.54 Å². The van der Waals surface area contributed by atoms with Gasteiger partial charge in [0.05, 0.1) is 20.8 Å². The number of nitrogens with two attached hydrogens (primary N) is 1. The van der Waals surface area contributed by atoms with Gasteiger partial charge in [-0.15, -0.1) is 0 Å². The highest BCUT2D eigenvalue weighted by atomic mass is 16.5. The van der Waals surface area contributed by atoms with Crippen LogP contribution in [-0.4, -0.2) is 40.6 Å². The van der Waals surface area contributed by atoms with Crippen molar-refractivity contribution < 1.29 is 9.47 Å². The van der Waals surface area contributed by atoms with E-state index in [1.165, 1.54) is 0 Å². The number of nitrogen functional groups attached to an aromatic ring is 1. The van der Waals surface area contributed by atoms with Gasteiger partial charge in [0.2, 0.25) is 11.9 Å². The molecule has 1 unspecified atom stereocenters. The topological polar surface area (TPSA) is 98.4 Å². The van der Waals surface area contributed by atoms with Crippen LogP contribution in [0.3, 0.4) is 0 Å². The van der Waals surface area contributed by atoms with E-state index in [0.717, 1.165) is 42.1 Å². The molecule has 2 heterocycles. The van der Waals surface area contributed by atoms with E-state index in [-0.39, 0.29) is 12.0 Å². The summed E-state index contributed by atoms with van der Waals surface area (Å²) in [6.07, 6.45) is 2.13. The molecule has 3 N–H and O–H groups in total. The second-order valence-electron chi connectivity index (χ2n) is 7.16. The number of methoxy groups -OCH3 is 2. The van der Waals surface area contributed by atoms with Gasteiger partial charge in [-0.1, -0.05) is 24.3 Å². The van der Waals surface area contributed by atoms with Crippen LogP contribution in [0.15, 0.2) is 48.5 Å². The first-order chi connectivity index (χ1) is 14.7. The summed E-state index contributed by atoms with van der Waals surface area (Å²) in [4.78, 5) is 15.5. The Morgan fingerprint density at radius 3 is 2.67 bits per heavy atom. The SMILES string of the molecule is COc1ccc(C2CCCN2Cc2nc(N)nc(Nc3ccccc3)n2)c(OC)c1. The number of nitrogens with one attached hydrogen (secondary N) is 1. The molecular weight excluding hydrogens is 380 g/mol.